The Kier molecular flexibility index (Phi) is 2.63. The first-order chi connectivity index (χ1) is 6.70. The second-order valence-corrected chi connectivity index (χ2v) is 4.18. The first-order valence-corrected chi connectivity index (χ1v) is 5.38. The highest BCUT2D eigenvalue weighted by Gasteiger charge is 2.39. The summed E-state index contributed by atoms with van der Waals surface area (Å²) in [5, 5.41) is 2.75. The highest BCUT2D eigenvalue weighted by molar-refractivity contribution is 6.27. The Labute approximate surface area is 87.6 Å². The summed E-state index contributed by atoms with van der Waals surface area (Å²) in [5.74, 6) is 0.365. The van der Waals surface area contributed by atoms with E-state index in [1.165, 1.54) is 0 Å². The molecule has 0 atom stereocenters. The molecular weight excluding hydrogens is 204 g/mol. The van der Waals surface area contributed by atoms with Crippen LogP contribution in [0.1, 0.15) is 12.8 Å². The fourth-order valence-electron chi connectivity index (χ4n) is 1.60. The van der Waals surface area contributed by atoms with Crippen molar-refractivity contribution in [1.82, 2.24) is 10.2 Å². The molecule has 0 aromatic carbocycles. The Hall–Kier alpha value is -0.770. The zero-order valence-corrected chi connectivity index (χ0v) is 8.59. The van der Waals surface area contributed by atoms with Crippen molar-refractivity contribution in [1.29, 1.82) is 0 Å². The molecule has 78 valence electrons. The van der Waals surface area contributed by atoms with Crippen LogP contribution in [0.5, 0.6) is 0 Å². The van der Waals surface area contributed by atoms with Gasteiger partial charge in [-0.1, -0.05) is 0 Å². The highest BCUT2D eigenvalue weighted by Crippen LogP contribution is 2.32. The Bertz CT molecular complexity index is 260. The molecule has 0 bridgehead atoms. The number of carbonyl (C=O) groups is 2. The highest BCUT2D eigenvalue weighted by atomic mass is 35.5. The summed E-state index contributed by atoms with van der Waals surface area (Å²) >= 11 is 5.34. The van der Waals surface area contributed by atoms with Gasteiger partial charge in [-0.3, -0.25) is 9.59 Å². The molecule has 1 aliphatic heterocycles. The summed E-state index contributed by atoms with van der Waals surface area (Å²) in [6, 6.07) is 0.115. The molecule has 5 heteroatoms. The number of nitrogens with zero attached hydrogens (tertiary/aromatic N) is 1. The maximum Gasteiger partial charge on any atom is 0.235 e. The van der Waals surface area contributed by atoms with Crippen molar-refractivity contribution in [3.63, 3.8) is 0 Å². The fraction of sp³-hybridized carbons (Fsp3) is 0.778. The maximum absolute atomic E-state index is 11.5. The summed E-state index contributed by atoms with van der Waals surface area (Å²) in [5.41, 5.74) is 0. The van der Waals surface area contributed by atoms with Gasteiger partial charge >= 0.3 is 0 Å². The third-order valence-electron chi connectivity index (χ3n) is 2.61. The first kappa shape index (κ1) is 9.77. The van der Waals surface area contributed by atoms with Gasteiger partial charge in [-0.15, -0.1) is 11.6 Å². The molecule has 1 saturated heterocycles. The van der Waals surface area contributed by atoms with Crippen molar-refractivity contribution in [3.05, 3.63) is 0 Å². The molecule has 14 heavy (non-hydrogen) atoms. The minimum atomic E-state index is -0.157. The van der Waals surface area contributed by atoms with Crippen LogP contribution in [0.25, 0.3) is 0 Å². The summed E-state index contributed by atoms with van der Waals surface area (Å²) < 4.78 is 0. The van der Waals surface area contributed by atoms with Gasteiger partial charge in [0.15, 0.2) is 0 Å². The number of nitrogens with one attached hydrogen (secondary N) is 1. The summed E-state index contributed by atoms with van der Waals surface area (Å²) in [6.45, 7) is 1.30. The average Bonchev–Trinajstić information content (AvgIpc) is 2.91. The number of halogens is 1. The molecule has 2 rings (SSSR count). The predicted molar refractivity (Wildman–Crippen MR) is 52.0 cm³/mol. The molecular formula is C9H13ClN2O2. The molecule has 0 radical (unpaired) electrons. The van der Waals surface area contributed by atoms with E-state index >= 15 is 0 Å². The number of hydrogen-bond donors (Lipinski definition) is 1. The number of rotatable bonds is 3. The van der Waals surface area contributed by atoms with Crippen LogP contribution < -0.4 is 5.32 Å². The molecule has 0 unspecified atom stereocenters. The fourth-order valence-corrected chi connectivity index (χ4v) is 1.68. The number of likely N-dealkylation sites (tertiary alicyclic amines) is 1. The van der Waals surface area contributed by atoms with Gasteiger partial charge in [-0.25, -0.2) is 0 Å². The zero-order valence-electron chi connectivity index (χ0n) is 7.83. The van der Waals surface area contributed by atoms with E-state index in [1.54, 1.807) is 4.90 Å². The molecule has 2 amide bonds. The lowest BCUT2D eigenvalue weighted by molar-refractivity contribution is -0.138. The van der Waals surface area contributed by atoms with Crippen molar-refractivity contribution in [3.8, 4) is 0 Å². The Morgan fingerprint density at radius 2 is 2.00 bits per heavy atom. The largest absolute Gasteiger partial charge is 0.349 e. The van der Waals surface area contributed by atoms with Crippen molar-refractivity contribution in [2.75, 3.05) is 19.0 Å². The SMILES string of the molecule is O=C(CCl)NC1CN(C(=O)C2CC2)C1. The third kappa shape index (κ3) is 2.00. The number of hydrogen-bond acceptors (Lipinski definition) is 2. The van der Waals surface area contributed by atoms with Gasteiger partial charge in [-0.2, -0.15) is 0 Å². The van der Waals surface area contributed by atoms with E-state index in [1.807, 2.05) is 0 Å². The molecule has 1 aliphatic carbocycles. The molecule has 1 heterocycles. The van der Waals surface area contributed by atoms with Crippen LogP contribution in [-0.2, 0) is 9.59 Å². The quantitative estimate of drug-likeness (QED) is 0.674. The standard InChI is InChI=1S/C9H13ClN2O2/c10-3-8(13)11-7-4-12(5-7)9(14)6-1-2-6/h6-7H,1-5H2,(H,11,13). The number of carbonyl (C=O) groups excluding carboxylic acids is 2. The lowest BCUT2D eigenvalue weighted by atomic mass is 10.1. The van der Waals surface area contributed by atoms with E-state index in [2.05, 4.69) is 5.32 Å². The second kappa shape index (κ2) is 3.77. The van der Waals surface area contributed by atoms with E-state index in [4.69, 9.17) is 11.6 Å². The van der Waals surface area contributed by atoms with Gasteiger partial charge in [0.1, 0.15) is 5.88 Å². The number of alkyl halides is 1. The molecule has 4 nitrogen and oxygen atoms in total. The van der Waals surface area contributed by atoms with Gasteiger partial charge in [0.2, 0.25) is 11.8 Å². The van der Waals surface area contributed by atoms with Crippen LogP contribution in [0.4, 0.5) is 0 Å². The van der Waals surface area contributed by atoms with Crippen LogP contribution in [0.2, 0.25) is 0 Å². The van der Waals surface area contributed by atoms with Crippen LogP contribution in [-0.4, -0.2) is 41.7 Å². The lowest BCUT2D eigenvalue weighted by Crippen LogP contribution is -2.61. The van der Waals surface area contributed by atoms with Gasteiger partial charge in [0, 0.05) is 19.0 Å². The van der Waals surface area contributed by atoms with E-state index in [9.17, 15) is 9.59 Å². The van der Waals surface area contributed by atoms with Gasteiger partial charge in [0.25, 0.3) is 0 Å². The normalized spacial score (nSPS) is 21.6. The predicted octanol–water partition coefficient (Wildman–Crippen LogP) is -0.0378. The monoisotopic (exact) mass is 216 g/mol. The first-order valence-electron chi connectivity index (χ1n) is 4.85. The molecule has 0 spiro atoms. The summed E-state index contributed by atoms with van der Waals surface area (Å²) in [6.07, 6.45) is 2.07. The van der Waals surface area contributed by atoms with Gasteiger partial charge < -0.3 is 10.2 Å². The van der Waals surface area contributed by atoms with Crippen molar-refractivity contribution >= 4 is 23.4 Å². The van der Waals surface area contributed by atoms with Crippen LogP contribution in [0.15, 0.2) is 0 Å². The Balaban J connectivity index is 1.68. The van der Waals surface area contributed by atoms with Gasteiger partial charge in [-0.05, 0) is 12.8 Å². The molecule has 1 N–H and O–H groups in total. The Morgan fingerprint density at radius 3 is 2.50 bits per heavy atom. The average molecular weight is 217 g/mol. The maximum atomic E-state index is 11.5. The second-order valence-electron chi connectivity index (χ2n) is 3.92. The zero-order chi connectivity index (χ0) is 10.1. The van der Waals surface area contributed by atoms with Crippen molar-refractivity contribution in [2.24, 2.45) is 5.92 Å². The molecule has 1 saturated carbocycles. The van der Waals surface area contributed by atoms with Crippen LogP contribution >= 0.6 is 11.6 Å². The Morgan fingerprint density at radius 1 is 1.36 bits per heavy atom. The van der Waals surface area contributed by atoms with E-state index in [-0.39, 0.29) is 29.7 Å². The topological polar surface area (TPSA) is 49.4 Å². The number of amides is 2. The van der Waals surface area contributed by atoms with Crippen molar-refractivity contribution < 1.29 is 9.59 Å². The lowest BCUT2D eigenvalue weighted by Gasteiger charge is -2.39. The van der Waals surface area contributed by atoms with E-state index in [0.29, 0.717) is 13.1 Å². The van der Waals surface area contributed by atoms with E-state index < -0.39 is 0 Å². The summed E-state index contributed by atoms with van der Waals surface area (Å²) in [7, 11) is 0. The van der Waals surface area contributed by atoms with Crippen molar-refractivity contribution in [2.45, 2.75) is 18.9 Å². The molecule has 0 aromatic rings. The smallest absolute Gasteiger partial charge is 0.235 e. The minimum Gasteiger partial charge on any atom is -0.349 e. The van der Waals surface area contributed by atoms with E-state index in [0.717, 1.165) is 12.8 Å². The van der Waals surface area contributed by atoms with Gasteiger partial charge in [0.05, 0.1) is 6.04 Å². The third-order valence-corrected chi connectivity index (χ3v) is 2.85. The molecule has 0 aromatic heterocycles. The molecule has 2 aliphatic rings. The minimum absolute atomic E-state index is 0.00687. The summed E-state index contributed by atoms with van der Waals surface area (Å²) in [4.78, 5) is 24.2. The molecule has 2 fully saturated rings. The van der Waals surface area contributed by atoms with Crippen LogP contribution in [0, 0.1) is 5.92 Å². The van der Waals surface area contributed by atoms with Crippen LogP contribution in [0.3, 0.4) is 0 Å².